The fourth-order valence-electron chi connectivity index (χ4n) is 1.58. The lowest BCUT2D eigenvalue weighted by Crippen LogP contribution is -2.26. The summed E-state index contributed by atoms with van der Waals surface area (Å²) in [7, 11) is 0. The summed E-state index contributed by atoms with van der Waals surface area (Å²) in [6, 6.07) is 7.04. The zero-order valence-electron chi connectivity index (χ0n) is 11.5. The highest BCUT2D eigenvalue weighted by atomic mass is 35.5. The van der Waals surface area contributed by atoms with E-state index in [0.29, 0.717) is 21.7 Å². The molecule has 0 radical (unpaired) electrons. The Morgan fingerprint density at radius 1 is 1.10 bits per heavy atom. The fraction of sp³-hybridized carbons (Fsp3) is 0.286. The van der Waals surface area contributed by atoms with E-state index in [0.717, 1.165) is 5.82 Å². The summed E-state index contributed by atoms with van der Waals surface area (Å²) in [5.74, 6) is 1.23. The van der Waals surface area contributed by atoms with Gasteiger partial charge in [0.25, 0.3) is 0 Å². The van der Waals surface area contributed by atoms with Crippen molar-refractivity contribution >= 4 is 40.7 Å². The van der Waals surface area contributed by atoms with Gasteiger partial charge in [-0.1, -0.05) is 23.2 Å². The van der Waals surface area contributed by atoms with E-state index >= 15 is 0 Å². The Morgan fingerprint density at radius 2 is 1.85 bits per heavy atom. The molecule has 20 heavy (non-hydrogen) atoms. The van der Waals surface area contributed by atoms with E-state index in [-0.39, 0.29) is 5.54 Å². The van der Waals surface area contributed by atoms with Crippen molar-refractivity contribution in [2.24, 2.45) is 0 Å². The lowest BCUT2D eigenvalue weighted by atomic mass is 10.1. The minimum absolute atomic E-state index is 0.0659. The van der Waals surface area contributed by atoms with E-state index in [1.807, 2.05) is 6.07 Å². The molecule has 1 aromatic heterocycles. The molecule has 106 valence electrons. The molecule has 1 aromatic carbocycles. The molecule has 0 bridgehead atoms. The zero-order chi connectivity index (χ0) is 14.8. The van der Waals surface area contributed by atoms with Crippen molar-refractivity contribution in [2.45, 2.75) is 26.3 Å². The quantitative estimate of drug-likeness (QED) is 0.860. The van der Waals surface area contributed by atoms with Gasteiger partial charge in [-0.2, -0.15) is 4.98 Å². The van der Waals surface area contributed by atoms with Crippen molar-refractivity contribution in [1.82, 2.24) is 9.97 Å². The molecule has 2 aromatic rings. The molecule has 0 aliphatic carbocycles. The Hall–Kier alpha value is -1.52. The third-order valence-corrected chi connectivity index (χ3v) is 2.88. The lowest BCUT2D eigenvalue weighted by molar-refractivity contribution is 0.630. The molecule has 0 aliphatic rings. The summed E-state index contributed by atoms with van der Waals surface area (Å²) in [5, 5.41) is 7.47. The Morgan fingerprint density at radius 3 is 2.50 bits per heavy atom. The van der Waals surface area contributed by atoms with E-state index in [4.69, 9.17) is 23.2 Å². The van der Waals surface area contributed by atoms with Crippen LogP contribution >= 0.6 is 23.2 Å². The van der Waals surface area contributed by atoms with Crippen molar-refractivity contribution < 1.29 is 0 Å². The van der Waals surface area contributed by atoms with Crippen LogP contribution in [-0.4, -0.2) is 15.5 Å². The van der Waals surface area contributed by atoms with Crippen molar-refractivity contribution in [3.05, 3.63) is 40.5 Å². The standard InChI is InChI=1S/C14H16Cl2N4/c1-14(2,3)20-12-6-7-17-13(19-12)18-11-5-4-9(15)8-10(11)16/h4-8H,1-3H3,(H2,17,18,19,20). The molecule has 0 saturated heterocycles. The van der Waals surface area contributed by atoms with Gasteiger partial charge in [0.05, 0.1) is 10.7 Å². The molecule has 6 heteroatoms. The van der Waals surface area contributed by atoms with Crippen LogP contribution in [0.15, 0.2) is 30.5 Å². The van der Waals surface area contributed by atoms with E-state index in [1.165, 1.54) is 0 Å². The van der Waals surface area contributed by atoms with Gasteiger partial charge in [0.2, 0.25) is 5.95 Å². The molecule has 0 fully saturated rings. The van der Waals surface area contributed by atoms with E-state index < -0.39 is 0 Å². The summed E-state index contributed by atoms with van der Waals surface area (Å²) in [6.07, 6.45) is 1.69. The van der Waals surface area contributed by atoms with Crippen LogP contribution in [0.5, 0.6) is 0 Å². The topological polar surface area (TPSA) is 49.8 Å². The Bertz CT molecular complexity index is 608. The fourth-order valence-corrected chi connectivity index (χ4v) is 2.04. The van der Waals surface area contributed by atoms with Gasteiger partial charge >= 0.3 is 0 Å². The molecule has 0 unspecified atom stereocenters. The number of halogens is 2. The van der Waals surface area contributed by atoms with Crippen LogP contribution < -0.4 is 10.6 Å². The second-order valence-electron chi connectivity index (χ2n) is 5.39. The molecule has 4 nitrogen and oxygen atoms in total. The summed E-state index contributed by atoms with van der Waals surface area (Å²) >= 11 is 12.0. The van der Waals surface area contributed by atoms with Gasteiger partial charge in [0, 0.05) is 16.8 Å². The van der Waals surface area contributed by atoms with Gasteiger partial charge < -0.3 is 10.6 Å². The molecular formula is C14H16Cl2N4. The molecule has 0 spiro atoms. The Balaban J connectivity index is 2.19. The summed E-state index contributed by atoms with van der Waals surface area (Å²) in [6.45, 7) is 6.20. The molecule has 0 aliphatic heterocycles. The number of rotatable bonds is 3. The highest BCUT2D eigenvalue weighted by Gasteiger charge is 2.11. The monoisotopic (exact) mass is 310 g/mol. The Labute approximate surface area is 128 Å². The number of hydrogen-bond donors (Lipinski definition) is 2. The van der Waals surface area contributed by atoms with Crippen LogP contribution in [0.4, 0.5) is 17.5 Å². The predicted octanol–water partition coefficient (Wildman–Crippen LogP) is 4.74. The average Bonchev–Trinajstić information content (AvgIpc) is 2.31. The summed E-state index contributed by atoms with van der Waals surface area (Å²) < 4.78 is 0. The number of aromatic nitrogens is 2. The first kappa shape index (κ1) is 14.9. The first-order valence-electron chi connectivity index (χ1n) is 6.17. The van der Waals surface area contributed by atoms with Gasteiger partial charge in [-0.15, -0.1) is 0 Å². The molecule has 0 saturated carbocycles. The molecule has 2 N–H and O–H groups in total. The average molecular weight is 311 g/mol. The third-order valence-electron chi connectivity index (χ3n) is 2.34. The second kappa shape index (κ2) is 5.85. The molecule has 1 heterocycles. The van der Waals surface area contributed by atoms with Crippen molar-refractivity contribution in [1.29, 1.82) is 0 Å². The number of nitrogens with one attached hydrogen (secondary N) is 2. The van der Waals surface area contributed by atoms with Crippen LogP contribution in [0, 0.1) is 0 Å². The van der Waals surface area contributed by atoms with Gasteiger partial charge in [-0.3, -0.25) is 0 Å². The van der Waals surface area contributed by atoms with Gasteiger partial charge in [-0.25, -0.2) is 4.98 Å². The van der Waals surface area contributed by atoms with Gasteiger partial charge in [0.15, 0.2) is 0 Å². The highest BCUT2D eigenvalue weighted by Crippen LogP contribution is 2.27. The van der Waals surface area contributed by atoms with E-state index in [2.05, 4.69) is 41.4 Å². The zero-order valence-corrected chi connectivity index (χ0v) is 13.0. The Kier molecular flexibility index (Phi) is 4.35. The van der Waals surface area contributed by atoms with Crippen LogP contribution in [0.3, 0.4) is 0 Å². The lowest BCUT2D eigenvalue weighted by Gasteiger charge is -2.21. The largest absolute Gasteiger partial charge is 0.365 e. The molecule has 2 rings (SSSR count). The van der Waals surface area contributed by atoms with E-state index in [9.17, 15) is 0 Å². The maximum atomic E-state index is 6.11. The molecule has 0 atom stereocenters. The van der Waals surface area contributed by atoms with Crippen LogP contribution in [-0.2, 0) is 0 Å². The maximum absolute atomic E-state index is 6.11. The van der Waals surface area contributed by atoms with Crippen LogP contribution in [0.25, 0.3) is 0 Å². The maximum Gasteiger partial charge on any atom is 0.229 e. The SMILES string of the molecule is CC(C)(C)Nc1ccnc(Nc2ccc(Cl)cc2Cl)n1. The third kappa shape index (κ3) is 4.25. The number of hydrogen-bond acceptors (Lipinski definition) is 4. The van der Waals surface area contributed by atoms with Crippen molar-refractivity contribution in [3.8, 4) is 0 Å². The normalized spacial score (nSPS) is 11.2. The minimum atomic E-state index is -0.0659. The van der Waals surface area contributed by atoms with Crippen LogP contribution in [0.1, 0.15) is 20.8 Å². The highest BCUT2D eigenvalue weighted by molar-refractivity contribution is 6.36. The molecular weight excluding hydrogens is 295 g/mol. The second-order valence-corrected chi connectivity index (χ2v) is 6.23. The minimum Gasteiger partial charge on any atom is -0.365 e. The van der Waals surface area contributed by atoms with Gasteiger partial charge in [0.1, 0.15) is 5.82 Å². The summed E-state index contributed by atoms with van der Waals surface area (Å²) in [5.41, 5.74) is 0.646. The number of nitrogens with zero attached hydrogens (tertiary/aromatic N) is 2. The summed E-state index contributed by atoms with van der Waals surface area (Å²) in [4.78, 5) is 8.57. The number of anilines is 3. The van der Waals surface area contributed by atoms with Crippen molar-refractivity contribution in [3.63, 3.8) is 0 Å². The van der Waals surface area contributed by atoms with Gasteiger partial charge in [-0.05, 0) is 45.0 Å². The predicted molar refractivity (Wildman–Crippen MR) is 85.2 cm³/mol. The number of benzene rings is 1. The first-order valence-corrected chi connectivity index (χ1v) is 6.92. The molecule has 0 amide bonds. The van der Waals surface area contributed by atoms with Crippen molar-refractivity contribution in [2.75, 3.05) is 10.6 Å². The first-order chi connectivity index (χ1) is 9.33. The van der Waals surface area contributed by atoms with E-state index in [1.54, 1.807) is 24.4 Å². The smallest absolute Gasteiger partial charge is 0.229 e. The van der Waals surface area contributed by atoms with Crippen LogP contribution in [0.2, 0.25) is 10.0 Å².